The van der Waals surface area contributed by atoms with Gasteiger partial charge in [0.15, 0.2) is 0 Å². The summed E-state index contributed by atoms with van der Waals surface area (Å²) < 4.78 is 26.1. The minimum atomic E-state index is -3.68. The molecule has 2 aromatic rings. The number of carbonyl (C=O) groups excluding carboxylic acids is 1. The van der Waals surface area contributed by atoms with Crippen LogP contribution in [0.4, 0.5) is 5.69 Å². The van der Waals surface area contributed by atoms with Gasteiger partial charge in [-0.05, 0) is 61.9 Å². The van der Waals surface area contributed by atoms with Gasteiger partial charge in [-0.25, -0.2) is 8.42 Å². The molecule has 0 bridgehead atoms. The molecular formula is C21H25ClN2O3S. The Morgan fingerprint density at radius 3 is 2.64 bits per heavy atom. The maximum absolute atomic E-state index is 13.0. The van der Waals surface area contributed by atoms with Crippen molar-refractivity contribution in [2.24, 2.45) is 0 Å². The lowest BCUT2D eigenvalue weighted by Gasteiger charge is -2.32. The summed E-state index contributed by atoms with van der Waals surface area (Å²) in [6, 6.07) is 12.1. The molecule has 0 saturated carbocycles. The Bertz CT molecular complexity index is 991. The van der Waals surface area contributed by atoms with Gasteiger partial charge in [0.1, 0.15) is 6.04 Å². The lowest BCUT2D eigenvalue weighted by molar-refractivity contribution is -0.122. The molecule has 0 aromatic heterocycles. The van der Waals surface area contributed by atoms with E-state index in [2.05, 4.69) is 11.4 Å². The zero-order chi connectivity index (χ0) is 20.5. The van der Waals surface area contributed by atoms with Crippen LogP contribution in [0.3, 0.4) is 0 Å². The highest BCUT2D eigenvalue weighted by Crippen LogP contribution is 2.30. The first-order valence-electron chi connectivity index (χ1n) is 9.32. The van der Waals surface area contributed by atoms with Crippen LogP contribution < -0.4 is 9.62 Å². The number of halogens is 1. The second-order valence-electron chi connectivity index (χ2n) is 7.32. The average molecular weight is 421 g/mol. The predicted molar refractivity (Wildman–Crippen MR) is 113 cm³/mol. The first-order chi connectivity index (χ1) is 13.2. The van der Waals surface area contributed by atoms with E-state index in [1.165, 1.54) is 5.56 Å². The molecule has 3 rings (SSSR count). The molecule has 1 N–H and O–H groups in total. The van der Waals surface area contributed by atoms with Crippen molar-refractivity contribution in [1.29, 1.82) is 0 Å². The van der Waals surface area contributed by atoms with Crippen LogP contribution in [0.1, 0.15) is 42.5 Å². The van der Waals surface area contributed by atoms with Crippen molar-refractivity contribution < 1.29 is 13.2 Å². The molecule has 2 atom stereocenters. The maximum Gasteiger partial charge on any atom is 0.244 e. The fraction of sp³-hybridized carbons (Fsp3) is 0.381. The van der Waals surface area contributed by atoms with Gasteiger partial charge >= 0.3 is 0 Å². The normalized spacial score (nSPS) is 17.5. The minimum absolute atomic E-state index is 0.108. The van der Waals surface area contributed by atoms with Crippen molar-refractivity contribution in [3.8, 4) is 0 Å². The lowest BCUT2D eigenvalue weighted by Crippen LogP contribution is -2.49. The SMILES string of the molecule is Cc1ccc(N([C@H](C)C(=O)N[C@@H]2CCCc3ccccc32)S(C)(=O)=O)cc1Cl. The first kappa shape index (κ1) is 20.7. The van der Waals surface area contributed by atoms with Crippen LogP contribution in [0.2, 0.25) is 5.02 Å². The monoisotopic (exact) mass is 420 g/mol. The summed E-state index contributed by atoms with van der Waals surface area (Å²) in [5, 5.41) is 3.50. The molecule has 5 nitrogen and oxygen atoms in total. The Kier molecular flexibility index (Phi) is 6.01. The van der Waals surface area contributed by atoms with E-state index in [-0.39, 0.29) is 11.9 Å². The maximum atomic E-state index is 13.0. The molecule has 7 heteroatoms. The molecule has 150 valence electrons. The van der Waals surface area contributed by atoms with Crippen molar-refractivity contribution >= 4 is 33.2 Å². The number of nitrogens with zero attached hydrogens (tertiary/aromatic N) is 1. The Labute approximate surface area is 171 Å². The summed E-state index contributed by atoms with van der Waals surface area (Å²) in [6.45, 7) is 3.44. The van der Waals surface area contributed by atoms with Gasteiger partial charge in [-0.1, -0.05) is 41.9 Å². The molecule has 0 radical (unpaired) electrons. The minimum Gasteiger partial charge on any atom is -0.347 e. The molecule has 0 spiro atoms. The molecule has 0 saturated heterocycles. The number of sulfonamides is 1. The van der Waals surface area contributed by atoms with E-state index >= 15 is 0 Å². The Balaban J connectivity index is 1.86. The number of aryl methyl sites for hydroxylation is 2. The van der Waals surface area contributed by atoms with Crippen LogP contribution in [0.25, 0.3) is 0 Å². The number of rotatable bonds is 5. The van der Waals surface area contributed by atoms with Gasteiger partial charge in [0.05, 0.1) is 18.0 Å². The highest BCUT2D eigenvalue weighted by molar-refractivity contribution is 7.92. The molecule has 0 aliphatic heterocycles. The Hall–Kier alpha value is -2.05. The van der Waals surface area contributed by atoms with Crippen molar-refractivity contribution in [2.45, 2.75) is 45.2 Å². The van der Waals surface area contributed by atoms with Gasteiger partial charge in [0.25, 0.3) is 0 Å². The van der Waals surface area contributed by atoms with Gasteiger partial charge in [-0.2, -0.15) is 0 Å². The topological polar surface area (TPSA) is 66.5 Å². The summed E-state index contributed by atoms with van der Waals surface area (Å²) >= 11 is 6.18. The second kappa shape index (κ2) is 8.13. The quantitative estimate of drug-likeness (QED) is 0.795. The summed E-state index contributed by atoms with van der Waals surface area (Å²) in [4.78, 5) is 13.0. The lowest BCUT2D eigenvalue weighted by atomic mass is 9.87. The van der Waals surface area contributed by atoms with E-state index in [1.54, 1.807) is 25.1 Å². The summed E-state index contributed by atoms with van der Waals surface area (Å²) in [5.74, 6) is -0.330. The number of fused-ring (bicyclic) bond motifs is 1. The molecule has 28 heavy (non-hydrogen) atoms. The van der Waals surface area contributed by atoms with Gasteiger partial charge < -0.3 is 5.32 Å². The number of nitrogens with one attached hydrogen (secondary N) is 1. The van der Waals surface area contributed by atoms with Crippen molar-refractivity contribution in [3.63, 3.8) is 0 Å². The molecule has 1 aliphatic carbocycles. The molecule has 2 aromatic carbocycles. The first-order valence-corrected chi connectivity index (χ1v) is 11.5. The van der Waals surface area contributed by atoms with Crippen molar-refractivity contribution in [3.05, 3.63) is 64.2 Å². The molecule has 0 heterocycles. The standard InChI is InChI=1S/C21H25ClN2O3S/c1-14-11-12-17(13-19(14)22)24(28(3,26)27)15(2)21(25)23-20-10-6-8-16-7-4-5-9-18(16)20/h4-5,7,9,11-13,15,20H,6,8,10H2,1-3H3,(H,23,25)/t15-,20-/m1/s1. The molecular weight excluding hydrogens is 396 g/mol. The van der Waals surface area contributed by atoms with Gasteiger partial charge in [-0.15, -0.1) is 0 Å². The largest absolute Gasteiger partial charge is 0.347 e. The Morgan fingerprint density at radius 2 is 1.96 bits per heavy atom. The van der Waals surface area contributed by atoms with Crippen LogP contribution in [0.5, 0.6) is 0 Å². The van der Waals surface area contributed by atoms with Crippen LogP contribution >= 0.6 is 11.6 Å². The number of carbonyl (C=O) groups is 1. The number of hydrogen-bond donors (Lipinski definition) is 1. The van der Waals surface area contributed by atoms with Crippen molar-refractivity contribution in [2.75, 3.05) is 10.6 Å². The third-order valence-corrected chi connectivity index (χ3v) is 6.83. The molecule has 1 aliphatic rings. The summed E-state index contributed by atoms with van der Waals surface area (Å²) in [6.07, 6.45) is 3.92. The van der Waals surface area contributed by atoms with E-state index in [0.717, 1.165) is 41.0 Å². The number of amides is 1. The molecule has 0 unspecified atom stereocenters. The number of hydrogen-bond acceptors (Lipinski definition) is 3. The van der Waals surface area contributed by atoms with E-state index in [1.807, 2.05) is 25.1 Å². The van der Waals surface area contributed by atoms with Crippen LogP contribution in [0.15, 0.2) is 42.5 Å². The van der Waals surface area contributed by atoms with Crippen molar-refractivity contribution in [1.82, 2.24) is 5.32 Å². The molecule has 0 fully saturated rings. The van der Waals surface area contributed by atoms with Gasteiger partial charge in [0, 0.05) is 5.02 Å². The van der Waals surface area contributed by atoms with Crippen LogP contribution in [-0.4, -0.2) is 26.6 Å². The fourth-order valence-electron chi connectivity index (χ4n) is 3.72. The number of anilines is 1. The zero-order valence-corrected chi connectivity index (χ0v) is 17.8. The fourth-order valence-corrected chi connectivity index (χ4v) is 5.07. The molecule has 1 amide bonds. The zero-order valence-electron chi connectivity index (χ0n) is 16.3. The van der Waals surface area contributed by atoms with Gasteiger partial charge in [-0.3, -0.25) is 9.10 Å². The average Bonchev–Trinajstić information content (AvgIpc) is 2.64. The second-order valence-corrected chi connectivity index (χ2v) is 9.59. The number of benzene rings is 2. The van der Waals surface area contributed by atoms with Crippen LogP contribution in [-0.2, 0) is 21.2 Å². The predicted octanol–water partition coefficient (Wildman–Crippen LogP) is 4.00. The van der Waals surface area contributed by atoms with Gasteiger partial charge in [0.2, 0.25) is 15.9 Å². The smallest absolute Gasteiger partial charge is 0.244 e. The van der Waals surface area contributed by atoms with E-state index in [4.69, 9.17) is 11.6 Å². The van der Waals surface area contributed by atoms with E-state index in [0.29, 0.717) is 10.7 Å². The summed E-state index contributed by atoms with van der Waals surface area (Å²) in [5.41, 5.74) is 3.56. The third kappa shape index (κ3) is 4.33. The third-order valence-electron chi connectivity index (χ3n) is 5.18. The van der Waals surface area contributed by atoms with E-state index < -0.39 is 16.1 Å². The highest BCUT2D eigenvalue weighted by atomic mass is 35.5. The Morgan fingerprint density at radius 1 is 1.25 bits per heavy atom. The summed E-state index contributed by atoms with van der Waals surface area (Å²) in [7, 11) is -3.68. The van der Waals surface area contributed by atoms with E-state index in [9.17, 15) is 13.2 Å². The highest BCUT2D eigenvalue weighted by Gasteiger charge is 2.31. The van der Waals surface area contributed by atoms with Crippen LogP contribution in [0, 0.1) is 6.92 Å².